The van der Waals surface area contributed by atoms with Gasteiger partial charge in [0.2, 0.25) is 0 Å². The van der Waals surface area contributed by atoms with Crippen LogP contribution in [0.15, 0.2) is 24.3 Å². The molecule has 1 aromatic carbocycles. The first kappa shape index (κ1) is 12.4. The molecule has 0 aliphatic heterocycles. The second-order valence-corrected chi connectivity index (χ2v) is 4.35. The Labute approximate surface area is 109 Å². The molecular formula is C12H12ClN3O2. The van der Waals surface area contributed by atoms with Gasteiger partial charge in [-0.05, 0) is 25.1 Å². The number of rotatable bonds is 3. The average Bonchev–Trinajstić information content (AvgIpc) is 2.60. The first-order valence-electron chi connectivity index (χ1n) is 5.28. The highest BCUT2D eigenvalue weighted by Crippen LogP contribution is 2.24. The predicted octanol–water partition coefficient (Wildman–Crippen LogP) is 2.82. The zero-order chi connectivity index (χ0) is 13.3. The van der Waals surface area contributed by atoms with Gasteiger partial charge in [0.1, 0.15) is 5.82 Å². The minimum absolute atomic E-state index is 0.126. The highest BCUT2D eigenvalue weighted by Gasteiger charge is 2.12. The lowest BCUT2D eigenvalue weighted by molar-refractivity contribution is 0.0698. The lowest BCUT2D eigenvalue weighted by atomic mass is 10.2. The molecular weight excluding hydrogens is 254 g/mol. The Bertz CT molecular complexity index is 607. The zero-order valence-electron chi connectivity index (χ0n) is 9.94. The highest BCUT2D eigenvalue weighted by atomic mass is 35.5. The molecule has 0 amide bonds. The molecule has 1 aromatic heterocycles. The second-order valence-electron chi connectivity index (χ2n) is 3.91. The highest BCUT2D eigenvalue weighted by molar-refractivity contribution is 6.31. The monoisotopic (exact) mass is 265 g/mol. The van der Waals surface area contributed by atoms with Crippen molar-refractivity contribution in [3.05, 3.63) is 40.5 Å². The fraction of sp³-hybridized carbons (Fsp3) is 0.167. The van der Waals surface area contributed by atoms with E-state index in [1.807, 2.05) is 13.0 Å². The zero-order valence-corrected chi connectivity index (χ0v) is 10.7. The molecule has 0 unspecified atom stereocenters. The van der Waals surface area contributed by atoms with E-state index >= 15 is 0 Å². The van der Waals surface area contributed by atoms with Crippen molar-refractivity contribution in [2.75, 3.05) is 5.32 Å². The molecule has 0 spiro atoms. The number of benzene rings is 1. The summed E-state index contributed by atoms with van der Waals surface area (Å²) in [6.07, 6.45) is 0. The molecule has 94 valence electrons. The van der Waals surface area contributed by atoms with Gasteiger partial charge in [-0.1, -0.05) is 11.6 Å². The van der Waals surface area contributed by atoms with Crippen molar-refractivity contribution >= 4 is 29.1 Å². The maximum Gasteiger partial charge on any atom is 0.337 e. The Balaban J connectivity index is 2.40. The van der Waals surface area contributed by atoms with E-state index in [1.165, 1.54) is 6.07 Å². The molecule has 0 saturated heterocycles. The lowest BCUT2D eigenvalue weighted by Crippen LogP contribution is -2.05. The summed E-state index contributed by atoms with van der Waals surface area (Å²) in [5, 5.41) is 16.7. The Morgan fingerprint density at radius 3 is 2.72 bits per heavy atom. The van der Waals surface area contributed by atoms with Crippen molar-refractivity contribution in [1.29, 1.82) is 0 Å². The van der Waals surface area contributed by atoms with Gasteiger partial charge in [-0.25, -0.2) is 4.79 Å². The first-order chi connectivity index (χ1) is 8.47. The molecule has 5 nitrogen and oxygen atoms in total. The molecule has 2 rings (SSSR count). The van der Waals surface area contributed by atoms with E-state index in [2.05, 4.69) is 10.4 Å². The van der Waals surface area contributed by atoms with Crippen LogP contribution in [0.5, 0.6) is 0 Å². The number of halogens is 1. The Kier molecular flexibility index (Phi) is 3.25. The van der Waals surface area contributed by atoms with Gasteiger partial charge in [0.05, 0.1) is 16.9 Å². The number of hydrogen-bond acceptors (Lipinski definition) is 3. The molecule has 0 saturated carbocycles. The van der Waals surface area contributed by atoms with Gasteiger partial charge in [0, 0.05) is 18.1 Å². The van der Waals surface area contributed by atoms with E-state index in [0.29, 0.717) is 10.7 Å². The van der Waals surface area contributed by atoms with E-state index in [-0.39, 0.29) is 5.56 Å². The van der Waals surface area contributed by atoms with Crippen LogP contribution in [0.3, 0.4) is 0 Å². The van der Waals surface area contributed by atoms with Crippen LogP contribution in [0.1, 0.15) is 16.1 Å². The fourth-order valence-corrected chi connectivity index (χ4v) is 1.84. The van der Waals surface area contributed by atoms with Gasteiger partial charge in [-0.3, -0.25) is 4.68 Å². The quantitative estimate of drug-likeness (QED) is 0.895. The number of carboxylic acids is 1. The molecule has 1 heterocycles. The molecule has 18 heavy (non-hydrogen) atoms. The Morgan fingerprint density at radius 2 is 2.17 bits per heavy atom. The Morgan fingerprint density at radius 1 is 1.44 bits per heavy atom. The molecule has 0 atom stereocenters. The summed E-state index contributed by atoms with van der Waals surface area (Å²) in [6.45, 7) is 1.87. The number of nitrogens with one attached hydrogen (secondary N) is 1. The van der Waals surface area contributed by atoms with E-state index in [4.69, 9.17) is 16.7 Å². The molecule has 0 bridgehead atoms. The van der Waals surface area contributed by atoms with Gasteiger partial charge >= 0.3 is 5.97 Å². The SMILES string of the molecule is Cc1cc(Nc2ccc(Cl)cc2C(=O)O)n(C)n1. The average molecular weight is 266 g/mol. The van der Waals surface area contributed by atoms with Crippen molar-refractivity contribution < 1.29 is 9.90 Å². The Hall–Kier alpha value is -2.01. The molecule has 0 radical (unpaired) electrons. The van der Waals surface area contributed by atoms with Gasteiger partial charge in [-0.2, -0.15) is 5.10 Å². The van der Waals surface area contributed by atoms with Crippen LogP contribution in [0.25, 0.3) is 0 Å². The van der Waals surface area contributed by atoms with Gasteiger partial charge in [-0.15, -0.1) is 0 Å². The van der Waals surface area contributed by atoms with E-state index in [9.17, 15) is 4.79 Å². The molecule has 0 fully saturated rings. The third kappa shape index (κ3) is 2.46. The van der Waals surface area contributed by atoms with E-state index < -0.39 is 5.97 Å². The largest absolute Gasteiger partial charge is 0.478 e. The summed E-state index contributed by atoms with van der Waals surface area (Å²) >= 11 is 5.79. The predicted molar refractivity (Wildman–Crippen MR) is 69.6 cm³/mol. The standard InChI is InChI=1S/C12H12ClN3O2/c1-7-5-11(16(2)15-7)14-10-4-3-8(13)6-9(10)12(17)18/h3-6,14H,1-2H3,(H,17,18). The number of carbonyl (C=O) groups is 1. The first-order valence-corrected chi connectivity index (χ1v) is 5.65. The number of nitrogens with zero attached hydrogens (tertiary/aromatic N) is 2. The van der Waals surface area contributed by atoms with E-state index in [1.54, 1.807) is 23.9 Å². The van der Waals surface area contributed by atoms with Crippen molar-refractivity contribution in [2.24, 2.45) is 7.05 Å². The fourth-order valence-electron chi connectivity index (χ4n) is 1.67. The third-order valence-electron chi connectivity index (χ3n) is 2.48. The minimum atomic E-state index is -1.03. The van der Waals surface area contributed by atoms with Crippen molar-refractivity contribution in [1.82, 2.24) is 9.78 Å². The molecule has 0 aliphatic rings. The maximum atomic E-state index is 11.1. The third-order valence-corrected chi connectivity index (χ3v) is 2.71. The van der Waals surface area contributed by atoms with Crippen LogP contribution in [-0.2, 0) is 7.05 Å². The number of anilines is 2. The number of hydrogen-bond donors (Lipinski definition) is 2. The molecule has 0 aliphatic carbocycles. The van der Waals surface area contributed by atoms with Gasteiger partial charge < -0.3 is 10.4 Å². The summed E-state index contributed by atoms with van der Waals surface area (Å²) < 4.78 is 1.65. The molecule has 2 aromatic rings. The van der Waals surface area contributed by atoms with Crippen LogP contribution in [0.4, 0.5) is 11.5 Å². The number of aryl methyl sites for hydroxylation is 2. The number of carboxylic acid groups (broad SMARTS) is 1. The van der Waals surface area contributed by atoms with Crippen LogP contribution in [-0.4, -0.2) is 20.9 Å². The van der Waals surface area contributed by atoms with Gasteiger partial charge in [0.15, 0.2) is 0 Å². The second kappa shape index (κ2) is 4.70. The van der Waals surface area contributed by atoms with Crippen molar-refractivity contribution in [3.8, 4) is 0 Å². The minimum Gasteiger partial charge on any atom is -0.478 e. The smallest absolute Gasteiger partial charge is 0.337 e. The summed E-state index contributed by atoms with van der Waals surface area (Å²) in [7, 11) is 1.78. The number of aromatic carboxylic acids is 1. The van der Waals surface area contributed by atoms with Gasteiger partial charge in [0.25, 0.3) is 0 Å². The summed E-state index contributed by atoms with van der Waals surface area (Å²) in [4.78, 5) is 11.1. The summed E-state index contributed by atoms with van der Waals surface area (Å²) in [5.74, 6) is -0.309. The summed E-state index contributed by atoms with van der Waals surface area (Å²) in [6, 6.07) is 6.52. The molecule has 2 N–H and O–H groups in total. The lowest BCUT2D eigenvalue weighted by Gasteiger charge is -2.09. The van der Waals surface area contributed by atoms with E-state index in [0.717, 1.165) is 11.5 Å². The van der Waals surface area contributed by atoms with Crippen molar-refractivity contribution in [2.45, 2.75) is 6.92 Å². The van der Waals surface area contributed by atoms with Crippen LogP contribution < -0.4 is 5.32 Å². The summed E-state index contributed by atoms with van der Waals surface area (Å²) in [5.41, 5.74) is 1.46. The molecule has 6 heteroatoms. The van der Waals surface area contributed by atoms with Crippen molar-refractivity contribution in [3.63, 3.8) is 0 Å². The van der Waals surface area contributed by atoms with Crippen LogP contribution in [0, 0.1) is 6.92 Å². The van der Waals surface area contributed by atoms with Crippen LogP contribution in [0.2, 0.25) is 5.02 Å². The van der Waals surface area contributed by atoms with Crippen LogP contribution >= 0.6 is 11.6 Å². The normalized spacial score (nSPS) is 10.4. The number of aromatic nitrogens is 2. The topological polar surface area (TPSA) is 67.2 Å². The maximum absolute atomic E-state index is 11.1.